The van der Waals surface area contributed by atoms with Gasteiger partial charge < -0.3 is 9.47 Å². The predicted molar refractivity (Wildman–Crippen MR) is 100 cm³/mol. The molecule has 3 heterocycles. The van der Waals surface area contributed by atoms with Gasteiger partial charge in [0.2, 0.25) is 6.79 Å². The molecular formula is C21H27N3O2. The largest absolute Gasteiger partial charge is 0.454 e. The molecule has 138 valence electrons. The third kappa shape index (κ3) is 3.83. The summed E-state index contributed by atoms with van der Waals surface area (Å²) in [5, 5.41) is 0. The molecule has 1 saturated heterocycles. The highest BCUT2D eigenvalue weighted by molar-refractivity contribution is 5.44. The zero-order valence-electron chi connectivity index (χ0n) is 15.7. The van der Waals surface area contributed by atoms with Gasteiger partial charge >= 0.3 is 0 Å². The Morgan fingerprint density at radius 2 is 1.92 bits per heavy atom. The van der Waals surface area contributed by atoms with Crippen LogP contribution >= 0.6 is 0 Å². The molecule has 0 N–H and O–H groups in total. The van der Waals surface area contributed by atoms with Crippen LogP contribution < -0.4 is 9.47 Å². The molecule has 0 saturated carbocycles. The molecule has 5 nitrogen and oxygen atoms in total. The maximum Gasteiger partial charge on any atom is 0.231 e. The smallest absolute Gasteiger partial charge is 0.231 e. The lowest BCUT2D eigenvalue weighted by molar-refractivity contribution is 0.0968. The second-order valence-corrected chi connectivity index (χ2v) is 7.85. The van der Waals surface area contributed by atoms with Crippen molar-refractivity contribution in [3.05, 3.63) is 47.5 Å². The lowest BCUT2D eigenvalue weighted by Crippen LogP contribution is -2.42. The zero-order valence-corrected chi connectivity index (χ0v) is 15.7. The molecule has 0 unspecified atom stereocenters. The SMILES string of the molecule is CCc1ncc(CN2CCC[C@](C)(Cc3ccc4c(c3)OCO4)C2)cn1. The van der Waals surface area contributed by atoms with E-state index in [-0.39, 0.29) is 5.41 Å². The molecule has 0 spiro atoms. The Labute approximate surface area is 155 Å². The van der Waals surface area contributed by atoms with Crippen LogP contribution in [-0.4, -0.2) is 34.8 Å². The van der Waals surface area contributed by atoms with E-state index in [1.165, 1.54) is 24.0 Å². The minimum Gasteiger partial charge on any atom is -0.454 e. The first kappa shape index (κ1) is 17.3. The first-order valence-electron chi connectivity index (χ1n) is 9.54. The van der Waals surface area contributed by atoms with Crippen molar-refractivity contribution in [1.82, 2.24) is 14.9 Å². The molecule has 0 aliphatic carbocycles. The van der Waals surface area contributed by atoms with Crippen LogP contribution in [0.1, 0.15) is 43.6 Å². The van der Waals surface area contributed by atoms with Crippen LogP contribution in [0.25, 0.3) is 0 Å². The van der Waals surface area contributed by atoms with Gasteiger partial charge in [0, 0.05) is 37.5 Å². The van der Waals surface area contributed by atoms with Crippen molar-refractivity contribution in [3.63, 3.8) is 0 Å². The summed E-state index contributed by atoms with van der Waals surface area (Å²) in [4.78, 5) is 11.4. The molecule has 5 heteroatoms. The number of benzene rings is 1. The van der Waals surface area contributed by atoms with Crippen molar-refractivity contribution in [3.8, 4) is 11.5 Å². The predicted octanol–water partition coefficient (Wildman–Crippen LogP) is 3.61. The minimum absolute atomic E-state index is 0.274. The zero-order chi connectivity index (χ0) is 18.0. The number of aromatic nitrogens is 2. The monoisotopic (exact) mass is 353 g/mol. The molecule has 2 aromatic rings. The van der Waals surface area contributed by atoms with Gasteiger partial charge in [-0.2, -0.15) is 0 Å². The third-order valence-corrected chi connectivity index (χ3v) is 5.41. The number of hydrogen-bond acceptors (Lipinski definition) is 5. The second kappa shape index (κ2) is 7.23. The van der Waals surface area contributed by atoms with Gasteiger partial charge in [-0.25, -0.2) is 9.97 Å². The normalized spacial score (nSPS) is 22.5. The van der Waals surface area contributed by atoms with E-state index in [2.05, 4.69) is 40.8 Å². The Bertz CT molecular complexity index is 762. The molecule has 1 atom stereocenters. The molecule has 0 amide bonds. The van der Waals surface area contributed by atoms with E-state index in [1.54, 1.807) is 0 Å². The number of aryl methyl sites for hydroxylation is 1. The lowest BCUT2D eigenvalue weighted by atomic mass is 9.77. The van der Waals surface area contributed by atoms with Crippen LogP contribution in [0.2, 0.25) is 0 Å². The summed E-state index contributed by atoms with van der Waals surface area (Å²) in [5.74, 6) is 2.66. The van der Waals surface area contributed by atoms with Gasteiger partial charge in [0.25, 0.3) is 0 Å². The van der Waals surface area contributed by atoms with Gasteiger partial charge in [-0.1, -0.05) is 19.9 Å². The van der Waals surface area contributed by atoms with Crippen LogP contribution in [0.15, 0.2) is 30.6 Å². The van der Waals surface area contributed by atoms with Gasteiger partial charge in [0.15, 0.2) is 11.5 Å². The van der Waals surface area contributed by atoms with Gasteiger partial charge in [0.1, 0.15) is 5.82 Å². The molecule has 1 aromatic heterocycles. The van der Waals surface area contributed by atoms with Crippen LogP contribution in [0, 0.1) is 5.41 Å². The molecule has 2 aliphatic rings. The van der Waals surface area contributed by atoms with Crippen LogP contribution in [0.3, 0.4) is 0 Å². The Balaban J connectivity index is 1.41. The number of hydrogen-bond donors (Lipinski definition) is 0. The van der Waals surface area contributed by atoms with E-state index < -0.39 is 0 Å². The molecule has 2 aliphatic heterocycles. The first-order chi connectivity index (χ1) is 12.6. The van der Waals surface area contributed by atoms with Crippen LogP contribution in [0.4, 0.5) is 0 Å². The number of nitrogens with zero attached hydrogens (tertiary/aromatic N) is 3. The van der Waals surface area contributed by atoms with Gasteiger partial charge in [-0.15, -0.1) is 0 Å². The molecule has 0 radical (unpaired) electrons. The third-order valence-electron chi connectivity index (χ3n) is 5.41. The van der Waals surface area contributed by atoms with Crippen LogP contribution in [-0.2, 0) is 19.4 Å². The van der Waals surface area contributed by atoms with E-state index in [0.29, 0.717) is 6.79 Å². The van der Waals surface area contributed by atoms with Gasteiger partial charge in [-0.05, 0) is 48.9 Å². The number of likely N-dealkylation sites (tertiary alicyclic amines) is 1. The van der Waals surface area contributed by atoms with Crippen LogP contribution in [0.5, 0.6) is 11.5 Å². The van der Waals surface area contributed by atoms with Gasteiger partial charge in [0.05, 0.1) is 0 Å². The molecule has 1 fully saturated rings. The van der Waals surface area contributed by atoms with Crippen molar-refractivity contribution in [2.45, 2.75) is 46.1 Å². The summed E-state index contributed by atoms with van der Waals surface area (Å²) < 4.78 is 11.0. The summed E-state index contributed by atoms with van der Waals surface area (Å²) in [5.41, 5.74) is 2.81. The maximum atomic E-state index is 5.53. The average Bonchev–Trinajstić information content (AvgIpc) is 3.10. The minimum atomic E-state index is 0.274. The summed E-state index contributed by atoms with van der Waals surface area (Å²) in [6.45, 7) is 7.99. The van der Waals surface area contributed by atoms with E-state index in [0.717, 1.165) is 49.8 Å². The molecule has 26 heavy (non-hydrogen) atoms. The highest BCUT2D eigenvalue weighted by atomic mass is 16.7. The van der Waals surface area contributed by atoms with Crippen molar-refractivity contribution < 1.29 is 9.47 Å². The topological polar surface area (TPSA) is 47.5 Å². The number of rotatable bonds is 5. The van der Waals surface area contributed by atoms with Crippen molar-refractivity contribution in [2.75, 3.05) is 19.9 Å². The number of fused-ring (bicyclic) bond motifs is 1. The van der Waals surface area contributed by atoms with Crippen molar-refractivity contribution in [2.24, 2.45) is 5.41 Å². The summed E-state index contributed by atoms with van der Waals surface area (Å²) in [7, 11) is 0. The highest BCUT2D eigenvalue weighted by Gasteiger charge is 2.31. The molecule has 1 aromatic carbocycles. The highest BCUT2D eigenvalue weighted by Crippen LogP contribution is 2.37. The Morgan fingerprint density at radius 3 is 2.73 bits per heavy atom. The molecule has 4 rings (SSSR count). The van der Waals surface area contributed by atoms with Gasteiger partial charge in [-0.3, -0.25) is 4.90 Å². The number of piperidine rings is 1. The van der Waals surface area contributed by atoms with E-state index in [4.69, 9.17) is 9.47 Å². The van der Waals surface area contributed by atoms with Crippen molar-refractivity contribution in [1.29, 1.82) is 0 Å². The first-order valence-corrected chi connectivity index (χ1v) is 9.54. The molecular weight excluding hydrogens is 326 g/mol. The van der Waals surface area contributed by atoms with E-state index in [1.807, 2.05) is 18.5 Å². The Kier molecular flexibility index (Phi) is 4.81. The van der Waals surface area contributed by atoms with E-state index in [9.17, 15) is 0 Å². The Morgan fingerprint density at radius 1 is 1.12 bits per heavy atom. The van der Waals surface area contributed by atoms with Crippen molar-refractivity contribution >= 4 is 0 Å². The lowest BCUT2D eigenvalue weighted by Gasteiger charge is -2.40. The fraction of sp³-hybridized carbons (Fsp3) is 0.524. The quantitative estimate of drug-likeness (QED) is 0.822. The number of ether oxygens (including phenoxy) is 2. The summed E-state index contributed by atoms with van der Waals surface area (Å²) >= 11 is 0. The fourth-order valence-corrected chi connectivity index (χ4v) is 4.15. The second-order valence-electron chi connectivity index (χ2n) is 7.85. The maximum absolute atomic E-state index is 5.53. The van der Waals surface area contributed by atoms with E-state index >= 15 is 0 Å². The Hall–Kier alpha value is -2.14. The molecule has 0 bridgehead atoms. The summed E-state index contributed by atoms with van der Waals surface area (Å²) in [6, 6.07) is 6.35. The standard InChI is InChI=1S/C21H27N3O2/c1-3-20-22-11-17(12-23-20)13-24-8-4-7-21(2,14-24)10-16-5-6-18-19(9-16)26-15-25-18/h5-6,9,11-12H,3-4,7-8,10,13-15H2,1-2H3/t21-/m1/s1. The summed E-state index contributed by atoms with van der Waals surface area (Å²) in [6.07, 6.45) is 8.40. The fourth-order valence-electron chi connectivity index (χ4n) is 4.15. The average molecular weight is 353 g/mol.